The van der Waals surface area contributed by atoms with Crippen molar-refractivity contribution in [2.24, 2.45) is 0 Å². The number of ether oxygens (including phenoxy) is 1. The summed E-state index contributed by atoms with van der Waals surface area (Å²) in [5, 5.41) is 3.89. The normalized spacial score (nSPS) is 10.0. The van der Waals surface area contributed by atoms with Gasteiger partial charge in [0.05, 0.1) is 11.5 Å². The number of carbonyl (C=O) groups is 2. The summed E-state index contributed by atoms with van der Waals surface area (Å²) >= 11 is 7.77. The molecule has 0 spiro atoms. The Morgan fingerprint density at radius 1 is 1.29 bits per heavy atom. The lowest BCUT2D eigenvalue weighted by Gasteiger charge is -1.95. The van der Waals surface area contributed by atoms with Crippen molar-refractivity contribution >= 4 is 71.6 Å². The SMILES string of the molecule is CCOC(=O)c1cc2sccc2s1.O=Cc1sccc1Br. The predicted octanol–water partition coefficient (Wildman–Crippen LogP) is 5.46. The van der Waals surface area contributed by atoms with Crippen LogP contribution in [0.5, 0.6) is 0 Å². The Labute approximate surface area is 142 Å². The molecule has 0 fully saturated rings. The molecule has 3 heterocycles. The van der Waals surface area contributed by atoms with E-state index in [1.165, 1.54) is 22.7 Å². The summed E-state index contributed by atoms with van der Waals surface area (Å²) in [4.78, 5) is 22.8. The zero-order valence-electron chi connectivity index (χ0n) is 11.0. The number of hydrogen-bond donors (Lipinski definition) is 0. The first-order chi connectivity index (χ1) is 10.2. The first kappa shape index (κ1) is 16.4. The summed E-state index contributed by atoms with van der Waals surface area (Å²) in [6, 6.07) is 5.77. The van der Waals surface area contributed by atoms with Gasteiger partial charge in [-0.15, -0.1) is 34.0 Å². The summed E-state index contributed by atoms with van der Waals surface area (Å²) in [6.45, 7) is 2.25. The summed E-state index contributed by atoms with van der Waals surface area (Å²) in [5.41, 5.74) is 0. The summed E-state index contributed by atoms with van der Waals surface area (Å²) in [6.07, 6.45) is 0.842. The maximum absolute atomic E-state index is 11.3. The topological polar surface area (TPSA) is 43.4 Å². The third-order valence-electron chi connectivity index (χ3n) is 2.37. The van der Waals surface area contributed by atoms with Crippen LogP contribution < -0.4 is 0 Å². The molecule has 3 nitrogen and oxygen atoms in total. The Bertz CT molecular complexity index is 713. The van der Waals surface area contributed by atoms with Gasteiger partial charge in [0.25, 0.3) is 0 Å². The van der Waals surface area contributed by atoms with Gasteiger partial charge in [0.2, 0.25) is 0 Å². The highest BCUT2D eigenvalue weighted by Crippen LogP contribution is 2.30. The zero-order valence-corrected chi connectivity index (χ0v) is 15.0. The molecule has 0 saturated carbocycles. The Hall–Kier alpha value is -1.02. The fourth-order valence-electron chi connectivity index (χ4n) is 1.46. The molecule has 0 radical (unpaired) electrons. The van der Waals surface area contributed by atoms with Gasteiger partial charge in [0.1, 0.15) is 4.88 Å². The zero-order chi connectivity index (χ0) is 15.2. The van der Waals surface area contributed by atoms with E-state index < -0.39 is 0 Å². The van der Waals surface area contributed by atoms with E-state index in [0.717, 1.165) is 25.0 Å². The van der Waals surface area contributed by atoms with Gasteiger partial charge in [-0.3, -0.25) is 4.79 Å². The highest BCUT2D eigenvalue weighted by atomic mass is 79.9. The number of esters is 1. The van der Waals surface area contributed by atoms with Crippen LogP contribution in [-0.4, -0.2) is 18.9 Å². The minimum atomic E-state index is -0.212. The van der Waals surface area contributed by atoms with E-state index in [0.29, 0.717) is 11.5 Å². The number of rotatable bonds is 3. The van der Waals surface area contributed by atoms with Crippen LogP contribution in [0, 0.1) is 0 Å². The van der Waals surface area contributed by atoms with Crippen molar-refractivity contribution in [1.29, 1.82) is 0 Å². The van der Waals surface area contributed by atoms with Gasteiger partial charge < -0.3 is 4.74 Å². The van der Waals surface area contributed by atoms with Crippen LogP contribution in [0.2, 0.25) is 0 Å². The van der Waals surface area contributed by atoms with E-state index in [9.17, 15) is 9.59 Å². The van der Waals surface area contributed by atoms with Gasteiger partial charge in [-0.1, -0.05) is 0 Å². The smallest absolute Gasteiger partial charge is 0.348 e. The monoisotopic (exact) mass is 402 g/mol. The largest absolute Gasteiger partial charge is 0.462 e. The van der Waals surface area contributed by atoms with Crippen molar-refractivity contribution in [3.05, 3.63) is 43.2 Å². The van der Waals surface area contributed by atoms with Crippen LogP contribution in [0.4, 0.5) is 0 Å². The van der Waals surface area contributed by atoms with Crippen molar-refractivity contribution < 1.29 is 14.3 Å². The third kappa shape index (κ3) is 4.23. The number of aldehydes is 1. The van der Waals surface area contributed by atoms with Crippen molar-refractivity contribution in [3.8, 4) is 0 Å². The molecule has 0 aliphatic heterocycles. The number of fused-ring (bicyclic) bond motifs is 1. The van der Waals surface area contributed by atoms with E-state index in [1.54, 1.807) is 11.3 Å². The molecule has 0 aliphatic rings. The van der Waals surface area contributed by atoms with Crippen molar-refractivity contribution in [1.82, 2.24) is 0 Å². The minimum absolute atomic E-state index is 0.212. The summed E-state index contributed by atoms with van der Waals surface area (Å²) < 4.78 is 8.11. The van der Waals surface area contributed by atoms with Gasteiger partial charge >= 0.3 is 5.97 Å². The lowest BCUT2D eigenvalue weighted by atomic mass is 10.4. The molecule has 110 valence electrons. The molecule has 0 N–H and O–H groups in total. The summed E-state index contributed by atoms with van der Waals surface area (Å²) in [5.74, 6) is -0.212. The maximum Gasteiger partial charge on any atom is 0.348 e. The average molecular weight is 403 g/mol. The molecular weight excluding hydrogens is 392 g/mol. The fourth-order valence-corrected chi connectivity index (χ4v) is 4.73. The Morgan fingerprint density at radius 3 is 2.57 bits per heavy atom. The van der Waals surface area contributed by atoms with Crippen LogP contribution in [-0.2, 0) is 4.74 Å². The van der Waals surface area contributed by atoms with E-state index in [2.05, 4.69) is 15.9 Å². The molecule has 21 heavy (non-hydrogen) atoms. The van der Waals surface area contributed by atoms with Crippen LogP contribution in [0.25, 0.3) is 9.40 Å². The number of hydrogen-bond acceptors (Lipinski definition) is 6. The van der Waals surface area contributed by atoms with Crippen molar-refractivity contribution in [2.45, 2.75) is 6.92 Å². The predicted molar refractivity (Wildman–Crippen MR) is 93.1 cm³/mol. The fraction of sp³-hybridized carbons (Fsp3) is 0.143. The first-order valence-corrected chi connectivity index (χ1v) is 9.35. The first-order valence-electron chi connectivity index (χ1n) is 5.98. The molecule has 0 atom stereocenters. The van der Waals surface area contributed by atoms with E-state index in [1.807, 2.05) is 35.9 Å². The molecule has 0 amide bonds. The van der Waals surface area contributed by atoms with E-state index in [4.69, 9.17) is 4.74 Å². The van der Waals surface area contributed by atoms with Crippen molar-refractivity contribution in [3.63, 3.8) is 0 Å². The van der Waals surface area contributed by atoms with E-state index >= 15 is 0 Å². The molecule has 3 aromatic rings. The van der Waals surface area contributed by atoms with Gasteiger partial charge in [0, 0.05) is 13.9 Å². The highest BCUT2D eigenvalue weighted by Gasteiger charge is 2.10. The summed E-state index contributed by atoms with van der Waals surface area (Å²) in [7, 11) is 0. The van der Waals surface area contributed by atoms with Gasteiger partial charge in [-0.25, -0.2) is 4.79 Å². The molecule has 0 aromatic carbocycles. The molecule has 3 rings (SSSR count). The lowest BCUT2D eigenvalue weighted by Crippen LogP contribution is -2.01. The maximum atomic E-state index is 11.3. The van der Waals surface area contributed by atoms with Crippen molar-refractivity contribution in [2.75, 3.05) is 6.61 Å². The molecular formula is C14H11BrO3S3. The number of halogens is 1. The van der Waals surface area contributed by atoms with Gasteiger partial charge in [-0.05, 0) is 51.8 Å². The Kier molecular flexibility index (Phi) is 6.10. The Morgan fingerprint density at radius 2 is 2.05 bits per heavy atom. The molecule has 7 heteroatoms. The second-order valence-electron chi connectivity index (χ2n) is 3.73. The number of carbonyl (C=O) groups excluding carboxylic acids is 2. The third-order valence-corrected chi connectivity index (χ3v) is 6.24. The molecule has 3 aromatic heterocycles. The van der Waals surface area contributed by atoms with Gasteiger partial charge in [-0.2, -0.15) is 0 Å². The molecule has 0 aliphatic carbocycles. The standard InChI is InChI=1S/C9H8O2S2.C5H3BrOS/c1-2-11-9(10)8-5-7-6(13-8)3-4-12-7;6-4-1-2-8-5(4)3-7/h3-5H,2H2,1H3;1-3H. The second kappa shape index (κ2) is 7.84. The van der Waals surface area contributed by atoms with Gasteiger partial charge in [0.15, 0.2) is 6.29 Å². The van der Waals surface area contributed by atoms with Crippen LogP contribution in [0.3, 0.4) is 0 Å². The molecule has 0 unspecified atom stereocenters. The van der Waals surface area contributed by atoms with Crippen LogP contribution in [0.15, 0.2) is 33.4 Å². The second-order valence-corrected chi connectivity index (χ2v) is 7.56. The van der Waals surface area contributed by atoms with Crippen LogP contribution >= 0.6 is 49.9 Å². The Balaban J connectivity index is 0.000000173. The molecule has 0 bridgehead atoms. The quantitative estimate of drug-likeness (QED) is 0.431. The average Bonchev–Trinajstić information content (AvgIpc) is 3.14. The highest BCUT2D eigenvalue weighted by molar-refractivity contribution is 9.10. The number of thiophene rings is 3. The van der Waals surface area contributed by atoms with Crippen LogP contribution in [0.1, 0.15) is 26.3 Å². The molecule has 0 saturated heterocycles. The lowest BCUT2D eigenvalue weighted by molar-refractivity contribution is 0.0532. The van der Waals surface area contributed by atoms with E-state index in [-0.39, 0.29) is 5.97 Å². The minimum Gasteiger partial charge on any atom is -0.462 e.